The topological polar surface area (TPSA) is 94.9 Å². The van der Waals surface area contributed by atoms with Crippen LogP contribution >= 0.6 is 11.8 Å². The van der Waals surface area contributed by atoms with Crippen molar-refractivity contribution in [3.8, 4) is 5.75 Å². The second kappa shape index (κ2) is 5.15. The summed E-state index contributed by atoms with van der Waals surface area (Å²) in [5.74, 6) is -1.95. The van der Waals surface area contributed by atoms with Gasteiger partial charge in [-0.1, -0.05) is 18.2 Å². The Morgan fingerprint density at radius 2 is 2.00 bits per heavy atom. The molecule has 2 rings (SSSR count). The summed E-state index contributed by atoms with van der Waals surface area (Å²) in [6.45, 7) is -0.664. The Hall–Kier alpha value is -2.28. The van der Waals surface area contributed by atoms with Crippen LogP contribution in [0.3, 0.4) is 0 Å². The highest BCUT2D eigenvalue weighted by Crippen LogP contribution is 2.33. The Bertz CT molecular complexity index is 596. The first kappa shape index (κ1) is 13.2. The van der Waals surface area contributed by atoms with E-state index in [2.05, 4.69) is 0 Å². The smallest absolute Gasteiger partial charge is 0.323 e. The van der Waals surface area contributed by atoms with Gasteiger partial charge in [-0.15, -0.1) is 0 Å². The number of carbonyl (C=O) groups excluding carboxylic acids is 2. The second-order valence-electron chi connectivity index (χ2n) is 3.72. The summed E-state index contributed by atoms with van der Waals surface area (Å²) in [6.07, 6.45) is 1.36. The van der Waals surface area contributed by atoms with Gasteiger partial charge < -0.3 is 10.2 Å². The standard InChI is InChI=1S/C12H9NO5S/c14-8-4-2-1-3-7(8)5-9-11(17)13(6-10(15)16)12(18)19-9/h1-5,14H,6H2,(H,15,16)/b9-5-. The minimum absolute atomic E-state index is 0.0208. The predicted octanol–water partition coefficient (Wildman–Crippen LogP) is 1.51. The third kappa shape index (κ3) is 2.76. The van der Waals surface area contributed by atoms with Crippen molar-refractivity contribution in [2.75, 3.05) is 6.54 Å². The van der Waals surface area contributed by atoms with E-state index in [0.29, 0.717) is 22.2 Å². The first-order valence-corrected chi connectivity index (χ1v) is 6.06. The molecule has 6 nitrogen and oxygen atoms in total. The van der Waals surface area contributed by atoms with E-state index in [1.807, 2.05) is 0 Å². The number of thioether (sulfide) groups is 1. The SMILES string of the molecule is O=C(O)CN1C(=O)S/C(=C\c2ccccc2O)C1=O. The molecule has 1 aromatic carbocycles. The van der Waals surface area contributed by atoms with E-state index in [1.165, 1.54) is 12.1 Å². The van der Waals surface area contributed by atoms with Crippen LogP contribution in [-0.2, 0) is 9.59 Å². The third-order valence-corrected chi connectivity index (χ3v) is 3.30. The molecule has 1 fully saturated rings. The number of aliphatic carboxylic acids is 1. The monoisotopic (exact) mass is 279 g/mol. The third-order valence-electron chi connectivity index (χ3n) is 2.39. The van der Waals surface area contributed by atoms with Crippen LogP contribution in [-0.4, -0.2) is 38.8 Å². The van der Waals surface area contributed by atoms with E-state index < -0.39 is 23.7 Å². The van der Waals surface area contributed by atoms with Crippen LogP contribution in [0.5, 0.6) is 5.75 Å². The van der Waals surface area contributed by atoms with Gasteiger partial charge in [0.15, 0.2) is 0 Å². The fraction of sp³-hybridized carbons (Fsp3) is 0.0833. The van der Waals surface area contributed by atoms with Gasteiger partial charge in [-0.05, 0) is 23.9 Å². The maximum absolute atomic E-state index is 11.8. The van der Waals surface area contributed by atoms with Crippen LogP contribution in [0, 0.1) is 0 Å². The molecule has 1 aliphatic rings. The molecule has 0 radical (unpaired) electrons. The summed E-state index contributed by atoms with van der Waals surface area (Å²) in [5, 5.41) is 17.6. The molecule has 0 atom stereocenters. The lowest BCUT2D eigenvalue weighted by molar-refractivity contribution is -0.140. The van der Waals surface area contributed by atoms with E-state index in [0.717, 1.165) is 0 Å². The summed E-state index contributed by atoms with van der Waals surface area (Å²) >= 11 is 0.651. The number of hydrogen-bond acceptors (Lipinski definition) is 5. The average molecular weight is 279 g/mol. The van der Waals surface area contributed by atoms with Crippen molar-refractivity contribution in [1.82, 2.24) is 4.90 Å². The zero-order valence-corrected chi connectivity index (χ0v) is 10.4. The Morgan fingerprint density at radius 1 is 1.32 bits per heavy atom. The van der Waals surface area contributed by atoms with Crippen LogP contribution in [0.15, 0.2) is 29.2 Å². The summed E-state index contributed by atoms with van der Waals surface area (Å²) < 4.78 is 0. The van der Waals surface area contributed by atoms with Crippen molar-refractivity contribution in [1.29, 1.82) is 0 Å². The van der Waals surface area contributed by atoms with E-state index in [4.69, 9.17) is 5.11 Å². The maximum Gasteiger partial charge on any atom is 0.323 e. The molecule has 0 spiro atoms. The number of phenols is 1. The minimum atomic E-state index is -1.26. The van der Waals surface area contributed by atoms with Gasteiger partial charge in [0.1, 0.15) is 12.3 Å². The first-order valence-electron chi connectivity index (χ1n) is 5.24. The zero-order chi connectivity index (χ0) is 14.0. The Kier molecular flexibility index (Phi) is 3.57. The summed E-state index contributed by atoms with van der Waals surface area (Å²) in [7, 11) is 0. The molecule has 1 aromatic rings. The van der Waals surface area contributed by atoms with Crippen molar-refractivity contribution >= 4 is 35.0 Å². The van der Waals surface area contributed by atoms with Gasteiger partial charge in [0, 0.05) is 5.56 Å². The van der Waals surface area contributed by atoms with Crippen molar-refractivity contribution < 1.29 is 24.6 Å². The van der Waals surface area contributed by atoms with Crippen molar-refractivity contribution in [2.24, 2.45) is 0 Å². The van der Waals surface area contributed by atoms with Gasteiger partial charge in [-0.3, -0.25) is 19.3 Å². The second-order valence-corrected chi connectivity index (χ2v) is 4.71. The number of carbonyl (C=O) groups is 3. The highest BCUT2D eigenvalue weighted by Gasteiger charge is 2.36. The predicted molar refractivity (Wildman–Crippen MR) is 68.4 cm³/mol. The first-order chi connectivity index (χ1) is 8.99. The van der Waals surface area contributed by atoms with Crippen molar-refractivity contribution in [2.45, 2.75) is 0 Å². The van der Waals surface area contributed by atoms with Crippen LogP contribution in [0.1, 0.15) is 5.56 Å². The molecule has 19 heavy (non-hydrogen) atoms. The molecule has 2 N–H and O–H groups in total. The minimum Gasteiger partial charge on any atom is -0.507 e. The number of imide groups is 1. The zero-order valence-electron chi connectivity index (χ0n) is 9.57. The van der Waals surface area contributed by atoms with Crippen LogP contribution in [0.25, 0.3) is 6.08 Å². The fourth-order valence-corrected chi connectivity index (χ4v) is 2.35. The molecule has 1 saturated heterocycles. The van der Waals surface area contributed by atoms with Crippen LogP contribution in [0.2, 0.25) is 0 Å². The number of nitrogens with zero attached hydrogens (tertiary/aromatic N) is 1. The number of carboxylic acid groups (broad SMARTS) is 1. The number of amides is 2. The fourth-order valence-electron chi connectivity index (χ4n) is 1.52. The number of hydrogen-bond donors (Lipinski definition) is 2. The number of carboxylic acids is 1. The molecule has 98 valence electrons. The molecule has 0 bridgehead atoms. The van der Waals surface area contributed by atoms with Gasteiger partial charge in [0.05, 0.1) is 4.91 Å². The maximum atomic E-state index is 11.8. The molecule has 0 saturated carbocycles. The lowest BCUT2D eigenvalue weighted by Gasteiger charge is -2.07. The highest BCUT2D eigenvalue weighted by molar-refractivity contribution is 8.18. The lowest BCUT2D eigenvalue weighted by Crippen LogP contribution is -2.33. The molecule has 7 heteroatoms. The molecule has 0 unspecified atom stereocenters. The normalized spacial score (nSPS) is 17.3. The number of para-hydroxylation sites is 1. The van der Waals surface area contributed by atoms with Gasteiger partial charge in [0.25, 0.3) is 11.1 Å². The Morgan fingerprint density at radius 3 is 2.63 bits per heavy atom. The number of rotatable bonds is 3. The van der Waals surface area contributed by atoms with Crippen molar-refractivity contribution in [3.63, 3.8) is 0 Å². The van der Waals surface area contributed by atoms with E-state index in [1.54, 1.807) is 18.2 Å². The molecule has 0 aliphatic carbocycles. The number of aromatic hydroxyl groups is 1. The van der Waals surface area contributed by atoms with E-state index >= 15 is 0 Å². The van der Waals surface area contributed by atoms with Gasteiger partial charge in [-0.2, -0.15) is 0 Å². The molecular weight excluding hydrogens is 270 g/mol. The lowest BCUT2D eigenvalue weighted by atomic mass is 10.2. The largest absolute Gasteiger partial charge is 0.507 e. The molecule has 0 aromatic heterocycles. The van der Waals surface area contributed by atoms with Gasteiger partial charge >= 0.3 is 5.97 Å². The summed E-state index contributed by atoms with van der Waals surface area (Å²) in [6, 6.07) is 6.34. The van der Waals surface area contributed by atoms with Gasteiger partial charge in [0.2, 0.25) is 0 Å². The number of benzene rings is 1. The summed E-state index contributed by atoms with van der Waals surface area (Å²) in [4.78, 5) is 34.6. The molecule has 2 amide bonds. The molecule has 1 aliphatic heterocycles. The summed E-state index contributed by atoms with van der Waals surface area (Å²) in [5.41, 5.74) is 0.392. The van der Waals surface area contributed by atoms with Crippen LogP contribution < -0.4 is 0 Å². The van der Waals surface area contributed by atoms with E-state index in [-0.39, 0.29) is 10.7 Å². The van der Waals surface area contributed by atoms with Crippen molar-refractivity contribution in [3.05, 3.63) is 34.7 Å². The Labute approximate surface area is 112 Å². The average Bonchev–Trinajstić information content (AvgIpc) is 2.60. The van der Waals surface area contributed by atoms with E-state index in [9.17, 15) is 19.5 Å². The molecule has 1 heterocycles. The quantitative estimate of drug-likeness (QED) is 0.814. The number of phenolic OH excluding ortho intramolecular Hbond substituents is 1. The van der Waals surface area contributed by atoms with Gasteiger partial charge in [-0.25, -0.2) is 0 Å². The molecular formula is C12H9NO5S. The highest BCUT2D eigenvalue weighted by atomic mass is 32.2. The Balaban J connectivity index is 2.28. The van der Waals surface area contributed by atoms with Crippen LogP contribution in [0.4, 0.5) is 4.79 Å².